The van der Waals surface area contributed by atoms with Gasteiger partial charge in [-0.3, -0.25) is 4.79 Å². The van der Waals surface area contributed by atoms with Crippen molar-refractivity contribution in [2.24, 2.45) is 0 Å². The molecule has 3 aromatic carbocycles. The predicted molar refractivity (Wildman–Crippen MR) is 161 cm³/mol. The van der Waals surface area contributed by atoms with Gasteiger partial charge in [0.15, 0.2) is 0 Å². The van der Waals surface area contributed by atoms with Crippen molar-refractivity contribution in [2.45, 2.75) is 78.1 Å². The molecule has 40 heavy (non-hydrogen) atoms. The normalized spacial score (nSPS) is 10.7. The Balaban J connectivity index is 1.40. The Morgan fingerprint density at radius 2 is 1.00 bits per heavy atom. The van der Waals surface area contributed by atoms with E-state index in [9.17, 15) is 9.59 Å². The fourth-order valence-electron chi connectivity index (χ4n) is 4.16. The van der Waals surface area contributed by atoms with E-state index >= 15 is 0 Å². The molecule has 0 saturated carbocycles. The smallest absolute Gasteiger partial charge is 0.343 e. The van der Waals surface area contributed by atoms with Crippen LogP contribution < -0.4 is 19.5 Å². The van der Waals surface area contributed by atoms with Crippen LogP contribution in [0.5, 0.6) is 17.2 Å². The SMILES string of the molecule is CCCCCCCOc1ccc(OC(=O)c2ccc(NC(=O)c3ccc(OCCCCCCC)cc3)cc2)cc1. The highest BCUT2D eigenvalue weighted by molar-refractivity contribution is 6.04. The molecule has 0 aliphatic heterocycles. The third kappa shape index (κ3) is 11.1. The maximum absolute atomic E-state index is 12.6. The summed E-state index contributed by atoms with van der Waals surface area (Å²) in [6.45, 7) is 5.77. The number of nitrogens with one attached hydrogen (secondary N) is 1. The van der Waals surface area contributed by atoms with E-state index in [1.165, 1.54) is 51.4 Å². The number of rotatable bonds is 18. The number of hydrogen-bond acceptors (Lipinski definition) is 5. The highest BCUT2D eigenvalue weighted by atomic mass is 16.5. The van der Waals surface area contributed by atoms with E-state index in [-0.39, 0.29) is 5.91 Å². The number of esters is 1. The molecular formula is C34H43NO5. The lowest BCUT2D eigenvalue weighted by Crippen LogP contribution is -2.12. The monoisotopic (exact) mass is 545 g/mol. The molecule has 0 aliphatic carbocycles. The second-order valence-corrected chi connectivity index (χ2v) is 9.94. The average molecular weight is 546 g/mol. The van der Waals surface area contributed by atoms with Crippen molar-refractivity contribution in [3.05, 3.63) is 83.9 Å². The van der Waals surface area contributed by atoms with Crippen LogP contribution in [0.15, 0.2) is 72.8 Å². The van der Waals surface area contributed by atoms with Crippen LogP contribution in [-0.2, 0) is 0 Å². The van der Waals surface area contributed by atoms with Gasteiger partial charge in [-0.15, -0.1) is 0 Å². The van der Waals surface area contributed by atoms with Gasteiger partial charge < -0.3 is 19.5 Å². The van der Waals surface area contributed by atoms with Crippen molar-refractivity contribution in [1.29, 1.82) is 0 Å². The van der Waals surface area contributed by atoms with E-state index in [1.54, 1.807) is 60.7 Å². The maximum atomic E-state index is 12.6. The van der Waals surface area contributed by atoms with Crippen LogP contribution in [0.3, 0.4) is 0 Å². The van der Waals surface area contributed by atoms with Gasteiger partial charge >= 0.3 is 5.97 Å². The summed E-state index contributed by atoms with van der Waals surface area (Å²) in [7, 11) is 0. The summed E-state index contributed by atoms with van der Waals surface area (Å²) in [6.07, 6.45) is 11.9. The summed E-state index contributed by atoms with van der Waals surface area (Å²) in [5.41, 5.74) is 1.51. The summed E-state index contributed by atoms with van der Waals surface area (Å²) in [4.78, 5) is 25.2. The topological polar surface area (TPSA) is 73.9 Å². The van der Waals surface area contributed by atoms with Crippen molar-refractivity contribution in [3.8, 4) is 17.2 Å². The number of carbonyl (C=O) groups is 2. The zero-order chi connectivity index (χ0) is 28.4. The van der Waals surface area contributed by atoms with Gasteiger partial charge in [-0.2, -0.15) is 0 Å². The molecule has 3 aromatic rings. The minimum Gasteiger partial charge on any atom is -0.494 e. The molecule has 0 radical (unpaired) electrons. The second kappa shape index (κ2) is 17.7. The fourth-order valence-corrected chi connectivity index (χ4v) is 4.16. The van der Waals surface area contributed by atoms with Crippen LogP contribution in [0.1, 0.15) is 98.8 Å². The third-order valence-corrected chi connectivity index (χ3v) is 6.56. The minimum absolute atomic E-state index is 0.232. The van der Waals surface area contributed by atoms with E-state index in [1.807, 2.05) is 12.1 Å². The van der Waals surface area contributed by atoms with Gasteiger partial charge in [-0.25, -0.2) is 4.79 Å². The molecule has 6 nitrogen and oxygen atoms in total. The van der Waals surface area contributed by atoms with Crippen molar-refractivity contribution < 1.29 is 23.8 Å². The van der Waals surface area contributed by atoms with Crippen LogP contribution in [0.2, 0.25) is 0 Å². The number of amides is 1. The largest absolute Gasteiger partial charge is 0.494 e. The van der Waals surface area contributed by atoms with Gasteiger partial charge in [0, 0.05) is 11.3 Å². The molecule has 0 bridgehead atoms. The Morgan fingerprint density at radius 3 is 1.52 bits per heavy atom. The van der Waals surface area contributed by atoms with E-state index in [0.717, 1.165) is 24.3 Å². The Kier molecular flexibility index (Phi) is 13.6. The lowest BCUT2D eigenvalue weighted by Gasteiger charge is -2.09. The molecular weight excluding hydrogens is 502 g/mol. The van der Waals surface area contributed by atoms with E-state index in [2.05, 4.69) is 19.2 Å². The molecule has 0 heterocycles. The molecule has 0 unspecified atom stereocenters. The second-order valence-electron chi connectivity index (χ2n) is 9.94. The number of benzene rings is 3. The Labute approximate surface area is 239 Å². The summed E-state index contributed by atoms with van der Waals surface area (Å²) in [6, 6.07) is 20.8. The Bertz CT molecular complexity index is 1140. The van der Waals surface area contributed by atoms with Crippen molar-refractivity contribution in [1.82, 2.24) is 0 Å². The van der Waals surface area contributed by atoms with Crippen LogP contribution in [0, 0.1) is 0 Å². The molecule has 3 rings (SSSR count). The molecule has 0 aliphatic rings. The number of unbranched alkanes of at least 4 members (excludes halogenated alkanes) is 8. The zero-order valence-corrected chi connectivity index (χ0v) is 24.0. The highest BCUT2D eigenvalue weighted by Gasteiger charge is 2.11. The molecule has 6 heteroatoms. The van der Waals surface area contributed by atoms with Crippen LogP contribution in [-0.4, -0.2) is 25.1 Å². The number of anilines is 1. The first kappa shape index (κ1) is 30.7. The molecule has 0 aromatic heterocycles. The van der Waals surface area contributed by atoms with Gasteiger partial charge in [0.25, 0.3) is 5.91 Å². The van der Waals surface area contributed by atoms with Crippen molar-refractivity contribution in [3.63, 3.8) is 0 Å². The van der Waals surface area contributed by atoms with Crippen molar-refractivity contribution >= 4 is 17.6 Å². The summed E-state index contributed by atoms with van der Waals surface area (Å²) in [5.74, 6) is 1.26. The van der Waals surface area contributed by atoms with Crippen LogP contribution in [0.4, 0.5) is 5.69 Å². The predicted octanol–water partition coefficient (Wildman–Crippen LogP) is 8.86. The number of ether oxygens (including phenoxy) is 3. The fraction of sp³-hybridized carbons (Fsp3) is 0.412. The lowest BCUT2D eigenvalue weighted by molar-refractivity contribution is 0.0734. The molecule has 1 N–H and O–H groups in total. The zero-order valence-electron chi connectivity index (χ0n) is 24.0. The average Bonchev–Trinajstić information content (AvgIpc) is 2.98. The number of hydrogen-bond donors (Lipinski definition) is 1. The first-order chi connectivity index (χ1) is 19.6. The Morgan fingerprint density at radius 1 is 0.550 bits per heavy atom. The summed E-state index contributed by atoms with van der Waals surface area (Å²) >= 11 is 0. The van der Waals surface area contributed by atoms with Crippen LogP contribution >= 0.6 is 0 Å². The molecule has 0 fully saturated rings. The minimum atomic E-state index is -0.469. The van der Waals surface area contributed by atoms with Gasteiger partial charge in [0.2, 0.25) is 0 Å². The molecule has 0 spiro atoms. The van der Waals surface area contributed by atoms with Crippen LogP contribution in [0.25, 0.3) is 0 Å². The first-order valence-corrected chi connectivity index (χ1v) is 14.7. The molecule has 0 atom stereocenters. The quantitative estimate of drug-likeness (QED) is 0.0982. The Hall–Kier alpha value is -3.80. The molecule has 0 saturated heterocycles. The first-order valence-electron chi connectivity index (χ1n) is 14.7. The van der Waals surface area contributed by atoms with E-state index in [4.69, 9.17) is 14.2 Å². The lowest BCUT2D eigenvalue weighted by atomic mass is 10.1. The summed E-state index contributed by atoms with van der Waals surface area (Å²) < 4.78 is 17.0. The maximum Gasteiger partial charge on any atom is 0.343 e. The standard InChI is InChI=1S/C34H43NO5/c1-3-5-7-9-11-25-38-30-19-15-27(16-20-30)33(36)35-29-17-13-28(14-18-29)34(37)40-32-23-21-31(22-24-32)39-26-12-10-8-6-4-2/h13-24H,3-12,25-26H2,1-2H3,(H,35,36). The number of carbonyl (C=O) groups excluding carboxylic acids is 2. The van der Waals surface area contributed by atoms with Gasteiger partial charge in [-0.1, -0.05) is 65.2 Å². The third-order valence-electron chi connectivity index (χ3n) is 6.56. The van der Waals surface area contributed by atoms with E-state index < -0.39 is 5.97 Å². The van der Waals surface area contributed by atoms with Crippen molar-refractivity contribution in [2.75, 3.05) is 18.5 Å². The van der Waals surface area contributed by atoms with Gasteiger partial charge in [0.1, 0.15) is 17.2 Å². The van der Waals surface area contributed by atoms with E-state index in [0.29, 0.717) is 35.8 Å². The molecule has 1 amide bonds. The molecule has 214 valence electrons. The van der Waals surface area contributed by atoms with Gasteiger partial charge in [-0.05, 0) is 85.6 Å². The highest BCUT2D eigenvalue weighted by Crippen LogP contribution is 2.20. The van der Waals surface area contributed by atoms with Gasteiger partial charge in [0.05, 0.1) is 18.8 Å². The summed E-state index contributed by atoms with van der Waals surface area (Å²) in [5, 5.41) is 2.86.